The highest BCUT2D eigenvalue weighted by Crippen LogP contribution is 1.99. The lowest BCUT2D eigenvalue weighted by Gasteiger charge is -2.04. The summed E-state index contributed by atoms with van der Waals surface area (Å²) in [6, 6.07) is 5.20. The first-order valence-electron chi connectivity index (χ1n) is 5.12. The minimum Gasteiger partial charge on any atom is -0.480 e. The summed E-state index contributed by atoms with van der Waals surface area (Å²) in [4.78, 5) is 10.4. The largest absolute Gasteiger partial charge is 0.480 e. The minimum absolute atomic E-state index is 0.544. The average Bonchev–Trinajstić information content (AvgIpc) is 2.25. The Morgan fingerprint density at radius 3 is 2.53 bits per heavy atom. The van der Waals surface area contributed by atoms with Crippen molar-refractivity contribution >= 4 is 5.97 Å². The Balaban J connectivity index is 2.15. The second-order valence-corrected chi connectivity index (χ2v) is 3.55. The van der Waals surface area contributed by atoms with Gasteiger partial charge in [0.15, 0.2) is 12.4 Å². The molecular formula is C11H17N2O2+. The van der Waals surface area contributed by atoms with Gasteiger partial charge in [-0.2, -0.15) is 0 Å². The number of rotatable bonds is 6. The first-order valence-corrected chi connectivity index (χ1v) is 5.12. The Morgan fingerprint density at radius 2 is 1.93 bits per heavy atom. The summed E-state index contributed by atoms with van der Waals surface area (Å²) in [5.41, 5.74) is 5.39. The van der Waals surface area contributed by atoms with Crippen LogP contribution in [0.2, 0.25) is 0 Å². The van der Waals surface area contributed by atoms with Crippen LogP contribution < -0.4 is 10.3 Å². The molecule has 1 atom stereocenters. The van der Waals surface area contributed by atoms with E-state index in [1.165, 1.54) is 0 Å². The number of nitrogens with two attached hydrogens (primary N) is 1. The highest BCUT2D eigenvalue weighted by atomic mass is 16.4. The third-order valence-electron chi connectivity index (χ3n) is 2.28. The zero-order valence-corrected chi connectivity index (χ0v) is 8.67. The van der Waals surface area contributed by atoms with Gasteiger partial charge in [0.05, 0.1) is 0 Å². The zero-order valence-electron chi connectivity index (χ0n) is 8.67. The molecule has 1 aromatic heterocycles. The molecule has 0 saturated heterocycles. The number of aryl methyl sites for hydroxylation is 1. The van der Waals surface area contributed by atoms with Gasteiger partial charge in [0.2, 0.25) is 0 Å². The molecule has 0 aliphatic rings. The van der Waals surface area contributed by atoms with Gasteiger partial charge in [0.25, 0.3) is 0 Å². The minimum atomic E-state index is -0.914. The maximum Gasteiger partial charge on any atom is 0.320 e. The molecule has 3 N–H and O–H groups in total. The average molecular weight is 209 g/mol. The summed E-state index contributed by atoms with van der Waals surface area (Å²) < 4.78 is 2.08. The predicted octanol–water partition coefficient (Wildman–Crippen LogP) is 0.556. The van der Waals surface area contributed by atoms with Crippen molar-refractivity contribution in [1.29, 1.82) is 0 Å². The maximum atomic E-state index is 10.4. The molecule has 15 heavy (non-hydrogen) atoms. The molecule has 0 spiro atoms. The van der Waals surface area contributed by atoms with Crippen LogP contribution in [0.4, 0.5) is 0 Å². The van der Waals surface area contributed by atoms with Gasteiger partial charge >= 0.3 is 5.97 Å². The molecule has 82 valence electrons. The lowest BCUT2D eigenvalue weighted by atomic mass is 10.1. The topological polar surface area (TPSA) is 67.2 Å². The first kappa shape index (κ1) is 11.7. The fourth-order valence-corrected chi connectivity index (χ4v) is 1.37. The van der Waals surface area contributed by atoms with Crippen molar-refractivity contribution in [2.24, 2.45) is 5.73 Å². The van der Waals surface area contributed by atoms with Crippen LogP contribution in [0.3, 0.4) is 0 Å². The number of aromatic nitrogens is 1. The van der Waals surface area contributed by atoms with E-state index in [-0.39, 0.29) is 0 Å². The Kier molecular flexibility index (Phi) is 4.77. The second-order valence-electron chi connectivity index (χ2n) is 3.55. The fourth-order valence-electron chi connectivity index (χ4n) is 1.37. The van der Waals surface area contributed by atoms with Gasteiger partial charge in [0, 0.05) is 18.6 Å². The molecule has 0 aliphatic carbocycles. The fraction of sp³-hybridized carbons (Fsp3) is 0.455. The molecule has 0 amide bonds. The molecular weight excluding hydrogens is 192 g/mol. The van der Waals surface area contributed by atoms with Crippen LogP contribution in [0.5, 0.6) is 0 Å². The Morgan fingerprint density at radius 1 is 1.27 bits per heavy atom. The standard InChI is InChI=1S/C11H16N2O2/c12-10(11(14)15)6-2-5-9-13-7-3-1-4-8-13/h1,3-4,7-8,10H,2,5-6,9,12H2/p+1/t10-/m0/s1. The first-order chi connectivity index (χ1) is 7.20. The van der Waals surface area contributed by atoms with Crippen LogP contribution in [-0.4, -0.2) is 17.1 Å². The van der Waals surface area contributed by atoms with E-state index in [1.54, 1.807) is 0 Å². The van der Waals surface area contributed by atoms with E-state index in [0.29, 0.717) is 6.42 Å². The van der Waals surface area contributed by atoms with Gasteiger partial charge in [-0.15, -0.1) is 0 Å². The quantitative estimate of drug-likeness (QED) is 0.531. The van der Waals surface area contributed by atoms with Crippen molar-refractivity contribution in [3.8, 4) is 0 Å². The Hall–Kier alpha value is -1.42. The molecule has 0 radical (unpaired) electrons. The van der Waals surface area contributed by atoms with Gasteiger partial charge in [-0.05, 0) is 12.8 Å². The number of pyridine rings is 1. The summed E-state index contributed by atoms with van der Waals surface area (Å²) >= 11 is 0. The molecule has 0 saturated carbocycles. The monoisotopic (exact) mass is 209 g/mol. The van der Waals surface area contributed by atoms with Crippen molar-refractivity contribution < 1.29 is 14.5 Å². The summed E-state index contributed by atoms with van der Waals surface area (Å²) in [5, 5.41) is 8.57. The molecule has 1 heterocycles. The van der Waals surface area contributed by atoms with Gasteiger partial charge in [-0.3, -0.25) is 4.79 Å². The normalized spacial score (nSPS) is 12.3. The highest BCUT2D eigenvalue weighted by Gasteiger charge is 2.10. The van der Waals surface area contributed by atoms with Crippen molar-refractivity contribution in [2.75, 3.05) is 0 Å². The smallest absolute Gasteiger partial charge is 0.320 e. The molecule has 0 aromatic carbocycles. The van der Waals surface area contributed by atoms with E-state index < -0.39 is 12.0 Å². The number of carboxylic acids is 1. The summed E-state index contributed by atoms with van der Waals surface area (Å²) in [7, 11) is 0. The zero-order chi connectivity index (χ0) is 11.1. The third-order valence-corrected chi connectivity index (χ3v) is 2.28. The predicted molar refractivity (Wildman–Crippen MR) is 56.1 cm³/mol. The van der Waals surface area contributed by atoms with E-state index in [4.69, 9.17) is 10.8 Å². The molecule has 0 unspecified atom stereocenters. The molecule has 0 bridgehead atoms. The number of carboxylic acid groups (broad SMARTS) is 1. The van der Waals surface area contributed by atoms with Crippen LogP contribution in [0.15, 0.2) is 30.6 Å². The van der Waals surface area contributed by atoms with Crippen molar-refractivity contribution in [1.82, 2.24) is 0 Å². The number of carbonyl (C=O) groups is 1. The molecule has 4 heteroatoms. The van der Waals surface area contributed by atoms with Crippen LogP contribution in [0, 0.1) is 0 Å². The van der Waals surface area contributed by atoms with Crippen LogP contribution in [0.1, 0.15) is 19.3 Å². The van der Waals surface area contributed by atoms with Crippen molar-refractivity contribution in [2.45, 2.75) is 31.8 Å². The van der Waals surface area contributed by atoms with E-state index in [2.05, 4.69) is 4.57 Å². The summed E-state index contributed by atoms with van der Waals surface area (Å²) in [6.07, 6.45) is 6.34. The Labute approximate surface area is 89.3 Å². The van der Waals surface area contributed by atoms with Crippen molar-refractivity contribution in [3.05, 3.63) is 30.6 Å². The van der Waals surface area contributed by atoms with Gasteiger partial charge in [0.1, 0.15) is 12.6 Å². The van der Waals surface area contributed by atoms with Gasteiger partial charge < -0.3 is 10.8 Å². The van der Waals surface area contributed by atoms with Gasteiger partial charge in [-0.25, -0.2) is 4.57 Å². The molecule has 0 aliphatic heterocycles. The number of nitrogens with zero attached hydrogens (tertiary/aromatic N) is 1. The summed E-state index contributed by atoms with van der Waals surface area (Å²) in [6.45, 7) is 0.910. The molecule has 1 rings (SSSR count). The molecule has 0 fully saturated rings. The van der Waals surface area contributed by atoms with Crippen LogP contribution >= 0.6 is 0 Å². The lowest BCUT2D eigenvalue weighted by Crippen LogP contribution is -2.33. The van der Waals surface area contributed by atoms with E-state index in [1.807, 2.05) is 30.6 Å². The van der Waals surface area contributed by atoms with E-state index in [9.17, 15) is 4.79 Å². The molecule has 4 nitrogen and oxygen atoms in total. The Bertz CT molecular complexity index is 301. The molecule has 1 aromatic rings. The van der Waals surface area contributed by atoms with Crippen LogP contribution in [0.25, 0.3) is 0 Å². The number of hydrogen-bond donors (Lipinski definition) is 2. The van der Waals surface area contributed by atoms with Crippen LogP contribution in [-0.2, 0) is 11.3 Å². The number of unbranched alkanes of at least 4 members (excludes halogenated alkanes) is 1. The van der Waals surface area contributed by atoms with Crippen molar-refractivity contribution in [3.63, 3.8) is 0 Å². The second kappa shape index (κ2) is 6.14. The third kappa shape index (κ3) is 4.56. The SMILES string of the molecule is N[C@@H](CCCC[n+]1ccccc1)C(=O)O. The van der Waals surface area contributed by atoms with E-state index >= 15 is 0 Å². The number of hydrogen-bond acceptors (Lipinski definition) is 2. The maximum absolute atomic E-state index is 10.4. The van der Waals surface area contributed by atoms with E-state index in [0.717, 1.165) is 19.4 Å². The summed E-state index contributed by atoms with van der Waals surface area (Å²) in [5.74, 6) is -0.914. The number of aliphatic carboxylic acids is 1. The van der Waals surface area contributed by atoms with Gasteiger partial charge in [-0.1, -0.05) is 6.07 Å². The highest BCUT2D eigenvalue weighted by molar-refractivity contribution is 5.72. The lowest BCUT2D eigenvalue weighted by molar-refractivity contribution is -0.697.